The summed E-state index contributed by atoms with van der Waals surface area (Å²) in [7, 11) is 0. The maximum absolute atomic E-state index is 13.4. The molecule has 0 unspecified atom stereocenters. The number of thioether (sulfide) groups is 1. The molecule has 1 aromatic carbocycles. The molecule has 4 heterocycles. The molecule has 3 aliphatic rings. The number of fused-ring (bicyclic) bond motifs is 1. The highest BCUT2D eigenvalue weighted by atomic mass is 35.5. The Morgan fingerprint density at radius 3 is 2.68 bits per heavy atom. The van der Waals surface area contributed by atoms with Crippen molar-refractivity contribution >= 4 is 29.3 Å². The van der Waals surface area contributed by atoms with Crippen molar-refractivity contribution in [1.82, 2.24) is 15.2 Å². The summed E-state index contributed by atoms with van der Waals surface area (Å²) in [5.74, 6) is -0.109. The normalized spacial score (nSPS) is 24.8. The van der Waals surface area contributed by atoms with Gasteiger partial charge in [0.2, 0.25) is 0 Å². The second-order valence-corrected chi connectivity index (χ2v) is 11.8. The number of nitrogens with one attached hydrogen (secondary N) is 2. The fourth-order valence-electron chi connectivity index (χ4n) is 5.60. The fraction of sp³-hybridized carbons (Fsp3) is 0.571. The average molecular weight is 564 g/mol. The highest BCUT2D eigenvalue weighted by molar-refractivity contribution is 7.98. The van der Waals surface area contributed by atoms with Gasteiger partial charge < -0.3 is 29.4 Å². The lowest BCUT2D eigenvalue weighted by atomic mass is 9.88. The van der Waals surface area contributed by atoms with Gasteiger partial charge in [0.25, 0.3) is 17.3 Å². The molecule has 206 valence electrons. The molecule has 0 spiro atoms. The lowest BCUT2D eigenvalue weighted by Crippen LogP contribution is -2.49. The Morgan fingerprint density at radius 1 is 1.26 bits per heavy atom. The number of pyridine rings is 1. The van der Waals surface area contributed by atoms with Gasteiger partial charge in [-0.25, -0.2) is 0 Å². The van der Waals surface area contributed by atoms with Crippen LogP contribution in [0.2, 0.25) is 5.02 Å². The van der Waals surface area contributed by atoms with E-state index in [0.29, 0.717) is 33.6 Å². The first-order valence-electron chi connectivity index (χ1n) is 14.0. The van der Waals surface area contributed by atoms with E-state index in [0.717, 1.165) is 52.1 Å². The van der Waals surface area contributed by atoms with Gasteiger partial charge in [-0.1, -0.05) is 11.6 Å². The standard InChI is InChI=1S/C28H36ClN3O5S/c1-16-11-23(38-4)21(27(34)31-16)13-30-26(33)20-12-22(29)25-24(17(20)2)36-28(3,37-25)19-5-8-32(9-6-19)14-18-7-10-35-15-18/h11-12,18-19H,5-10,13-15H2,1-4H3,(H,30,33)(H,31,34)/t18-,28-/m0/s1/i13D2. The number of hydrogen-bond acceptors (Lipinski definition) is 7. The Kier molecular flexibility index (Phi) is 7.26. The number of carbonyl (C=O) groups excluding carboxylic acids is 1. The van der Waals surface area contributed by atoms with E-state index in [1.54, 1.807) is 26.2 Å². The molecule has 2 saturated heterocycles. The molecule has 2 atom stereocenters. The lowest BCUT2D eigenvalue weighted by Gasteiger charge is -2.39. The number of aromatic nitrogens is 1. The van der Waals surface area contributed by atoms with Gasteiger partial charge in [-0.2, -0.15) is 0 Å². The molecule has 38 heavy (non-hydrogen) atoms. The van der Waals surface area contributed by atoms with Crippen LogP contribution < -0.4 is 20.3 Å². The minimum atomic E-state index is -2.43. The summed E-state index contributed by atoms with van der Waals surface area (Å²) in [6.45, 7) is 7.58. The number of carbonyl (C=O) groups is 1. The van der Waals surface area contributed by atoms with Crippen LogP contribution in [0.25, 0.3) is 0 Å². The number of rotatable bonds is 7. The van der Waals surface area contributed by atoms with Crippen LogP contribution in [0.15, 0.2) is 21.8 Å². The Morgan fingerprint density at radius 2 is 2.00 bits per heavy atom. The van der Waals surface area contributed by atoms with Crippen LogP contribution in [0.1, 0.15) is 56.1 Å². The van der Waals surface area contributed by atoms with Crippen molar-refractivity contribution in [3.63, 3.8) is 0 Å². The maximum atomic E-state index is 13.4. The van der Waals surface area contributed by atoms with Crippen LogP contribution in [0, 0.1) is 25.7 Å². The summed E-state index contributed by atoms with van der Waals surface area (Å²) in [6.07, 6.45) is 4.69. The molecule has 8 nitrogen and oxygen atoms in total. The molecule has 1 amide bonds. The number of H-pyrrole nitrogens is 1. The van der Waals surface area contributed by atoms with Crippen molar-refractivity contribution in [1.29, 1.82) is 0 Å². The summed E-state index contributed by atoms with van der Waals surface area (Å²) in [5, 5.41) is 2.61. The molecule has 2 aromatic rings. The fourth-order valence-corrected chi connectivity index (χ4v) is 6.48. The van der Waals surface area contributed by atoms with Gasteiger partial charge >= 0.3 is 0 Å². The summed E-state index contributed by atoms with van der Waals surface area (Å²) in [4.78, 5) is 31.6. The summed E-state index contributed by atoms with van der Waals surface area (Å²) in [6, 6.07) is 3.15. The van der Waals surface area contributed by atoms with Gasteiger partial charge in [-0.05, 0) is 70.5 Å². The first kappa shape index (κ1) is 24.8. The zero-order valence-corrected chi connectivity index (χ0v) is 23.8. The monoisotopic (exact) mass is 563 g/mol. The van der Waals surface area contributed by atoms with Gasteiger partial charge in [0.15, 0.2) is 11.5 Å². The summed E-state index contributed by atoms with van der Waals surface area (Å²) in [5.41, 5.74) is 0.522. The minimum absolute atomic E-state index is 0.135. The van der Waals surface area contributed by atoms with E-state index >= 15 is 0 Å². The van der Waals surface area contributed by atoms with E-state index < -0.39 is 23.8 Å². The second kappa shape index (κ2) is 11.1. The maximum Gasteiger partial charge on any atom is 0.254 e. The highest BCUT2D eigenvalue weighted by Crippen LogP contribution is 2.51. The van der Waals surface area contributed by atoms with Gasteiger partial charge in [-0.15, -0.1) is 11.8 Å². The zero-order valence-electron chi connectivity index (χ0n) is 24.2. The molecule has 1 aromatic heterocycles. The van der Waals surface area contributed by atoms with Crippen LogP contribution in [-0.2, 0) is 11.2 Å². The Balaban J connectivity index is 1.32. The van der Waals surface area contributed by atoms with Crippen molar-refractivity contribution in [2.45, 2.75) is 57.2 Å². The number of nitrogens with zero attached hydrogens (tertiary/aromatic N) is 1. The molecule has 2 N–H and O–H groups in total. The van der Waals surface area contributed by atoms with Crippen molar-refractivity contribution < 1.29 is 21.7 Å². The Bertz CT molecular complexity index is 1360. The number of aromatic amines is 1. The minimum Gasteiger partial charge on any atom is -0.448 e. The van der Waals surface area contributed by atoms with E-state index in [-0.39, 0.29) is 22.1 Å². The topological polar surface area (TPSA) is 92.9 Å². The van der Waals surface area contributed by atoms with Gasteiger partial charge in [0, 0.05) is 59.8 Å². The summed E-state index contributed by atoms with van der Waals surface area (Å²) >= 11 is 7.84. The first-order valence-corrected chi connectivity index (χ1v) is 14.6. The third-order valence-corrected chi connectivity index (χ3v) is 8.86. The third-order valence-electron chi connectivity index (χ3n) is 7.82. The number of hydrogen-bond donors (Lipinski definition) is 2. The van der Waals surface area contributed by atoms with Crippen molar-refractivity contribution in [2.24, 2.45) is 11.8 Å². The number of amides is 1. The molecule has 0 bridgehead atoms. The first-order chi connectivity index (χ1) is 18.9. The van der Waals surface area contributed by atoms with E-state index in [1.165, 1.54) is 17.8 Å². The smallest absolute Gasteiger partial charge is 0.254 e. The number of halogens is 1. The van der Waals surface area contributed by atoms with Gasteiger partial charge in [0.05, 0.1) is 14.4 Å². The molecule has 0 aliphatic carbocycles. The van der Waals surface area contributed by atoms with Crippen LogP contribution in [0.3, 0.4) is 0 Å². The largest absolute Gasteiger partial charge is 0.448 e. The SMILES string of the molecule is [2H]C([2H])(NC(=O)c1cc(Cl)c2c(c1C)O[C@](C)(C1CCN(C[C@@H]3CCOC3)CC1)O2)c1c(SC)cc(C)[nH]c1=O. The Hall–Kier alpha value is -2.20. The van der Waals surface area contributed by atoms with Crippen LogP contribution >= 0.6 is 23.4 Å². The quantitative estimate of drug-likeness (QED) is 0.478. The predicted octanol–water partition coefficient (Wildman–Crippen LogP) is 4.53. The number of ether oxygens (including phenoxy) is 3. The second-order valence-electron chi connectivity index (χ2n) is 10.5. The number of benzene rings is 1. The molecular weight excluding hydrogens is 526 g/mol. The van der Waals surface area contributed by atoms with Crippen LogP contribution in [-0.4, -0.2) is 60.7 Å². The molecule has 0 radical (unpaired) electrons. The van der Waals surface area contributed by atoms with Gasteiger partial charge in [-0.3, -0.25) is 9.59 Å². The van der Waals surface area contributed by atoms with E-state index in [9.17, 15) is 9.59 Å². The molecule has 10 heteroatoms. The summed E-state index contributed by atoms with van der Waals surface area (Å²) < 4.78 is 35.4. The molecule has 5 rings (SSSR count). The lowest BCUT2D eigenvalue weighted by molar-refractivity contribution is -0.125. The molecule has 2 fully saturated rings. The number of likely N-dealkylation sites (tertiary alicyclic amines) is 1. The molecular formula is C28H36ClN3O5S. The van der Waals surface area contributed by atoms with E-state index in [2.05, 4.69) is 15.2 Å². The zero-order chi connectivity index (χ0) is 28.8. The highest BCUT2D eigenvalue weighted by Gasteiger charge is 2.47. The third kappa shape index (κ3) is 5.43. The predicted molar refractivity (Wildman–Crippen MR) is 149 cm³/mol. The average Bonchev–Trinajstić information content (AvgIpc) is 3.54. The van der Waals surface area contributed by atoms with Gasteiger partial charge in [0.1, 0.15) is 0 Å². The van der Waals surface area contributed by atoms with Crippen LogP contribution in [0.4, 0.5) is 0 Å². The van der Waals surface area contributed by atoms with Crippen molar-refractivity contribution in [3.8, 4) is 11.5 Å². The number of piperidine rings is 1. The Labute approximate surface area is 235 Å². The molecule has 0 saturated carbocycles. The van der Waals surface area contributed by atoms with Crippen molar-refractivity contribution in [3.05, 3.63) is 49.9 Å². The number of aryl methyl sites for hydroxylation is 1. The van der Waals surface area contributed by atoms with Crippen molar-refractivity contribution in [2.75, 3.05) is 39.1 Å². The molecule has 3 aliphatic heterocycles. The van der Waals surface area contributed by atoms with Crippen LogP contribution in [0.5, 0.6) is 11.5 Å². The van der Waals surface area contributed by atoms with E-state index in [4.69, 9.17) is 28.6 Å². The van der Waals surface area contributed by atoms with E-state index in [1.807, 2.05) is 6.92 Å².